The highest BCUT2D eigenvalue weighted by Crippen LogP contribution is 2.37. The van der Waals surface area contributed by atoms with Gasteiger partial charge >= 0.3 is 5.69 Å². The highest BCUT2D eigenvalue weighted by Gasteiger charge is 2.21. The van der Waals surface area contributed by atoms with Crippen molar-refractivity contribution < 1.29 is 14.6 Å². The number of nitro benzene ring substituents is 2. The van der Waals surface area contributed by atoms with Gasteiger partial charge in [0, 0.05) is 6.07 Å². The van der Waals surface area contributed by atoms with Crippen LogP contribution < -0.4 is 4.74 Å². The Hall–Kier alpha value is -3.18. The molecule has 2 rings (SSSR count). The number of rotatable bonds is 4. The number of nitrogens with zero attached hydrogens (tertiary/aromatic N) is 3. The zero-order valence-electron chi connectivity index (χ0n) is 11.6. The summed E-state index contributed by atoms with van der Waals surface area (Å²) in [6.07, 6.45) is 0. The number of nitriles is 1. The van der Waals surface area contributed by atoms with Crippen molar-refractivity contribution in [2.45, 2.75) is 6.92 Å². The fraction of sp³-hybridized carbons (Fsp3) is 0.0714. The zero-order chi connectivity index (χ0) is 17.1. The maximum atomic E-state index is 11.1. The molecule has 0 amide bonds. The van der Waals surface area contributed by atoms with E-state index in [1.165, 1.54) is 18.2 Å². The summed E-state index contributed by atoms with van der Waals surface area (Å²) < 4.78 is 5.43. The van der Waals surface area contributed by atoms with Crippen molar-refractivity contribution in [2.24, 2.45) is 0 Å². The topological polar surface area (TPSA) is 119 Å². The van der Waals surface area contributed by atoms with Crippen molar-refractivity contribution in [3.8, 4) is 17.6 Å². The molecule has 116 valence electrons. The minimum absolute atomic E-state index is 0.0609. The minimum Gasteiger partial charge on any atom is -0.450 e. The van der Waals surface area contributed by atoms with E-state index in [0.29, 0.717) is 5.56 Å². The van der Waals surface area contributed by atoms with Crippen molar-refractivity contribution in [3.63, 3.8) is 0 Å². The molecule has 0 atom stereocenters. The summed E-state index contributed by atoms with van der Waals surface area (Å²) in [6, 6.07) is 7.90. The third kappa shape index (κ3) is 3.36. The summed E-state index contributed by atoms with van der Waals surface area (Å²) >= 11 is 5.78. The normalized spacial score (nSPS) is 9.96. The van der Waals surface area contributed by atoms with E-state index in [1.54, 1.807) is 13.0 Å². The number of benzene rings is 2. The largest absolute Gasteiger partial charge is 0.450 e. The Bertz CT molecular complexity index is 860. The van der Waals surface area contributed by atoms with Crippen LogP contribution in [0.4, 0.5) is 11.4 Å². The highest BCUT2D eigenvalue weighted by molar-refractivity contribution is 6.32. The van der Waals surface area contributed by atoms with E-state index >= 15 is 0 Å². The lowest BCUT2D eigenvalue weighted by molar-refractivity contribution is -0.386. The van der Waals surface area contributed by atoms with Gasteiger partial charge in [0.05, 0.1) is 27.5 Å². The van der Waals surface area contributed by atoms with Crippen molar-refractivity contribution in [1.29, 1.82) is 5.26 Å². The quantitative estimate of drug-likeness (QED) is 0.612. The fourth-order valence-electron chi connectivity index (χ4n) is 1.83. The van der Waals surface area contributed by atoms with Gasteiger partial charge in [0.15, 0.2) is 0 Å². The van der Waals surface area contributed by atoms with Crippen LogP contribution in [0.25, 0.3) is 0 Å². The van der Waals surface area contributed by atoms with Crippen LogP contribution in [-0.2, 0) is 0 Å². The Morgan fingerprint density at radius 2 is 1.74 bits per heavy atom. The van der Waals surface area contributed by atoms with Crippen molar-refractivity contribution in [3.05, 3.63) is 66.7 Å². The monoisotopic (exact) mass is 333 g/mol. The van der Waals surface area contributed by atoms with Crippen LogP contribution in [0.2, 0.25) is 5.02 Å². The minimum atomic E-state index is -0.699. The molecule has 0 fully saturated rings. The van der Waals surface area contributed by atoms with E-state index < -0.39 is 15.5 Å². The predicted octanol–water partition coefficient (Wildman–Crippen LogP) is 4.13. The van der Waals surface area contributed by atoms with E-state index in [9.17, 15) is 20.2 Å². The van der Waals surface area contributed by atoms with Crippen LogP contribution in [0.1, 0.15) is 11.1 Å². The second-order valence-electron chi connectivity index (χ2n) is 4.48. The Morgan fingerprint density at radius 1 is 1.09 bits per heavy atom. The van der Waals surface area contributed by atoms with Crippen molar-refractivity contribution in [1.82, 2.24) is 0 Å². The predicted molar refractivity (Wildman–Crippen MR) is 80.7 cm³/mol. The Balaban J connectivity index is 2.52. The van der Waals surface area contributed by atoms with Crippen LogP contribution in [0.3, 0.4) is 0 Å². The number of hydrogen-bond acceptors (Lipinski definition) is 6. The molecule has 0 radical (unpaired) electrons. The molecule has 9 heteroatoms. The Labute approximate surface area is 134 Å². The smallest absolute Gasteiger partial charge is 0.312 e. The molecule has 0 bridgehead atoms. The zero-order valence-corrected chi connectivity index (χ0v) is 12.4. The summed E-state index contributed by atoms with van der Waals surface area (Å²) in [6.45, 7) is 1.60. The van der Waals surface area contributed by atoms with Crippen LogP contribution in [0.5, 0.6) is 11.5 Å². The first-order valence-corrected chi connectivity index (χ1v) is 6.52. The van der Waals surface area contributed by atoms with Crippen LogP contribution in [0, 0.1) is 38.5 Å². The summed E-state index contributed by atoms with van der Waals surface area (Å²) in [5.74, 6) is -0.0670. The number of nitro groups is 2. The molecule has 0 aromatic heterocycles. The number of hydrogen-bond donors (Lipinski definition) is 0. The fourth-order valence-corrected chi connectivity index (χ4v) is 2.11. The average Bonchev–Trinajstić information content (AvgIpc) is 2.49. The molecule has 0 N–H and O–H groups in total. The maximum absolute atomic E-state index is 11.1. The maximum Gasteiger partial charge on any atom is 0.312 e. The molecule has 8 nitrogen and oxygen atoms in total. The van der Waals surface area contributed by atoms with E-state index in [2.05, 4.69) is 0 Å². The molecule has 0 saturated carbocycles. The third-order valence-electron chi connectivity index (χ3n) is 2.95. The highest BCUT2D eigenvalue weighted by atomic mass is 35.5. The van der Waals surface area contributed by atoms with E-state index in [-0.39, 0.29) is 27.8 Å². The number of halogens is 1. The molecule has 0 saturated heterocycles. The first-order chi connectivity index (χ1) is 10.8. The standard InChI is InChI=1S/C14H8ClN3O5/c1-8-4-10(15)11(17(19)20)6-14(8)23-13-3-2-9(7-16)5-12(13)18(21)22/h2-6H,1H3. The molecule has 0 spiro atoms. The molecular weight excluding hydrogens is 326 g/mol. The van der Waals surface area contributed by atoms with Crippen LogP contribution in [-0.4, -0.2) is 9.85 Å². The third-order valence-corrected chi connectivity index (χ3v) is 3.25. The molecule has 2 aromatic rings. The van der Waals surface area contributed by atoms with Gasteiger partial charge in [0.2, 0.25) is 5.75 Å². The Kier molecular flexibility index (Phi) is 4.43. The second-order valence-corrected chi connectivity index (χ2v) is 4.89. The van der Waals surface area contributed by atoms with Gasteiger partial charge in [-0.15, -0.1) is 0 Å². The number of ether oxygens (including phenoxy) is 1. The molecule has 0 aliphatic carbocycles. The summed E-state index contributed by atoms with van der Waals surface area (Å²) in [5.41, 5.74) is -0.216. The molecule has 0 heterocycles. The molecule has 23 heavy (non-hydrogen) atoms. The lowest BCUT2D eigenvalue weighted by atomic mass is 10.2. The van der Waals surface area contributed by atoms with Gasteiger partial charge in [0.1, 0.15) is 10.8 Å². The molecule has 0 aliphatic heterocycles. The van der Waals surface area contributed by atoms with Gasteiger partial charge in [-0.25, -0.2) is 0 Å². The van der Waals surface area contributed by atoms with E-state index in [1.807, 2.05) is 0 Å². The summed E-state index contributed by atoms with van der Waals surface area (Å²) in [7, 11) is 0. The summed E-state index contributed by atoms with van der Waals surface area (Å²) in [5, 5.41) is 30.7. The van der Waals surface area contributed by atoms with Crippen LogP contribution >= 0.6 is 11.6 Å². The Morgan fingerprint density at radius 3 is 2.30 bits per heavy atom. The first kappa shape index (κ1) is 16.2. The average molecular weight is 334 g/mol. The summed E-state index contributed by atoms with van der Waals surface area (Å²) in [4.78, 5) is 20.6. The molecule has 0 aliphatic rings. The van der Waals surface area contributed by atoms with Gasteiger partial charge in [0.25, 0.3) is 5.69 Å². The van der Waals surface area contributed by atoms with Gasteiger partial charge in [-0.05, 0) is 30.7 Å². The first-order valence-electron chi connectivity index (χ1n) is 6.14. The van der Waals surface area contributed by atoms with Crippen LogP contribution in [0.15, 0.2) is 30.3 Å². The second kappa shape index (κ2) is 6.29. The number of aryl methyl sites for hydroxylation is 1. The van der Waals surface area contributed by atoms with Gasteiger partial charge in [-0.2, -0.15) is 5.26 Å². The SMILES string of the molecule is Cc1cc(Cl)c([N+](=O)[O-])cc1Oc1ccc(C#N)cc1[N+](=O)[O-]. The van der Waals surface area contributed by atoms with E-state index in [0.717, 1.165) is 12.1 Å². The molecule has 2 aromatic carbocycles. The lowest BCUT2D eigenvalue weighted by Crippen LogP contribution is -1.97. The molecular formula is C14H8ClN3O5. The van der Waals surface area contributed by atoms with Crippen molar-refractivity contribution in [2.75, 3.05) is 0 Å². The van der Waals surface area contributed by atoms with Gasteiger partial charge in [-0.3, -0.25) is 20.2 Å². The van der Waals surface area contributed by atoms with Gasteiger partial charge in [-0.1, -0.05) is 11.6 Å². The van der Waals surface area contributed by atoms with E-state index in [4.69, 9.17) is 21.6 Å². The lowest BCUT2D eigenvalue weighted by Gasteiger charge is -2.09. The van der Waals surface area contributed by atoms with Gasteiger partial charge < -0.3 is 4.74 Å². The van der Waals surface area contributed by atoms with Crippen molar-refractivity contribution >= 4 is 23.0 Å². The molecule has 0 unspecified atom stereocenters.